The summed E-state index contributed by atoms with van der Waals surface area (Å²) < 4.78 is -1.18. The summed E-state index contributed by atoms with van der Waals surface area (Å²) in [5.41, 5.74) is 1.64. The van der Waals surface area contributed by atoms with Crippen molar-refractivity contribution in [3.63, 3.8) is 0 Å². The Morgan fingerprint density at radius 1 is 1.03 bits per heavy atom. The Labute approximate surface area is 232 Å². The Kier molecular flexibility index (Phi) is 6.43. The second kappa shape index (κ2) is 9.68. The number of likely N-dealkylation sites (tertiary alicyclic amines) is 1. The van der Waals surface area contributed by atoms with Gasteiger partial charge < -0.3 is 20.6 Å². The highest BCUT2D eigenvalue weighted by atomic mass is 32.2. The molecule has 202 valence electrons. The van der Waals surface area contributed by atoms with E-state index in [4.69, 9.17) is 0 Å². The minimum atomic E-state index is -0.789. The van der Waals surface area contributed by atoms with Crippen LogP contribution < -0.4 is 10.6 Å². The second-order valence-electron chi connectivity index (χ2n) is 11.3. The maximum atomic E-state index is 14.1. The van der Waals surface area contributed by atoms with Gasteiger partial charge >= 0.3 is 0 Å². The number of nitrogens with one attached hydrogen (secondary N) is 2. The van der Waals surface area contributed by atoms with Crippen molar-refractivity contribution >= 4 is 45.9 Å². The molecule has 6 rings (SSSR count). The van der Waals surface area contributed by atoms with Crippen molar-refractivity contribution in [1.82, 2.24) is 10.2 Å². The predicted molar refractivity (Wildman–Crippen MR) is 153 cm³/mol. The fourth-order valence-electron chi connectivity index (χ4n) is 7.00. The third kappa shape index (κ3) is 4.12. The van der Waals surface area contributed by atoms with Gasteiger partial charge in [-0.05, 0) is 55.2 Å². The van der Waals surface area contributed by atoms with Gasteiger partial charge in [0.05, 0.1) is 29.2 Å². The number of hydrogen-bond donors (Lipinski definition) is 3. The summed E-state index contributed by atoms with van der Waals surface area (Å²) in [5, 5.41) is 18.3. The van der Waals surface area contributed by atoms with Crippen LogP contribution in [0.4, 0.5) is 5.69 Å². The van der Waals surface area contributed by atoms with E-state index < -0.39 is 33.4 Å². The molecule has 3 N–H and O–H groups in total. The molecule has 0 radical (unpaired) electrons. The number of hydrogen-bond acceptors (Lipinski definition) is 5. The standard InChI is InChI=1S/C31H33N3O4S/c1-19(18-35)34-26(28(37)33-23-13-12-21-10-6-7-11-22(21)16-23)31-15-14-30(2,39-31)24(25(31)29(34)38)27(36)32-17-20-8-4-3-5-9-20/h3-13,16,19,24-26,35H,14-15,17-18H2,1-2H3,(H,32,36)(H,33,37)/t19-,24-,25+,26?,30+,31?/m1/s1. The molecule has 0 aromatic heterocycles. The molecular weight excluding hydrogens is 510 g/mol. The topological polar surface area (TPSA) is 98.7 Å². The van der Waals surface area contributed by atoms with Gasteiger partial charge in [-0.15, -0.1) is 11.8 Å². The molecule has 8 heteroatoms. The maximum absolute atomic E-state index is 14.1. The number of aliphatic hydroxyl groups excluding tert-OH is 1. The van der Waals surface area contributed by atoms with Gasteiger partial charge in [0.2, 0.25) is 17.7 Å². The van der Waals surface area contributed by atoms with Crippen molar-refractivity contribution in [2.75, 3.05) is 11.9 Å². The summed E-state index contributed by atoms with van der Waals surface area (Å²) in [4.78, 5) is 43.4. The first-order chi connectivity index (χ1) is 18.8. The average molecular weight is 544 g/mol. The number of amides is 3. The molecule has 2 bridgehead atoms. The van der Waals surface area contributed by atoms with Crippen LogP contribution in [0.15, 0.2) is 72.8 Å². The van der Waals surface area contributed by atoms with E-state index in [1.54, 1.807) is 23.6 Å². The largest absolute Gasteiger partial charge is 0.394 e. The van der Waals surface area contributed by atoms with Crippen LogP contribution in [0.1, 0.15) is 32.3 Å². The molecule has 7 nitrogen and oxygen atoms in total. The molecule has 39 heavy (non-hydrogen) atoms. The smallest absolute Gasteiger partial charge is 0.248 e. The Morgan fingerprint density at radius 2 is 1.74 bits per heavy atom. The lowest BCUT2D eigenvalue weighted by atomic mass is 9.66. The van der Waals surface area contributed by atoms with E-state index in [0.717, 1.165) is 22.8 Å². The zero-order chi connectivity index (χ0) is 27.4. The normalized spacial score (nSPS) is 29.9. The second-order valence-corrected chi connectivity index (χ2v) is 13.2. The van der Waals surface area contributed by atoms with E-state index in [9.17, 15) is 19.5 Å². The monoisotopic (exact) mass is 543 g/mol. The number of fused-ring (bicyclic) bond motifs is 2. The lowest BCUT2D eigenvalue weighted by molar-refractivity contribution is -0.142. The molecule has 6 atom stereocenters. The van der Waals surface area contributed by atoms with Crippen molar-refractivity contribution in [3.8, 4) is 0 Å². The molecule has 0 aliphatic carbocycles. The van der Waals surface area contributed by atoms with Gasteiger partial charge in [0.1, 0.15) is 6.04 Å². The molecule has 2 unspecified atom stereocenters. The summed E-state index contributed by atoms with van der Waals surface area (Å²) in [6, 6.07) is 22.1. The van der Waals surface area contributed by atoms with Crippen LogP contribution >= 0.6 is 11.8 Å². The zero-order valence-corrected chi connectivity index (χ0v) is 22.9. The summed E-state index contributed by atoms with van der Waals surface area (Å²) in [6.45, 7) is 3.94. The fourth-order valence-corrected chi connectivity index (χ4v) is 9.34. The molecule has 3 heterocycles. The summed E-state index contributed by atoms with van der Waals surface area (Å²) >= 11 is 1.63. The quantitative estimate of drug-likeness (QED) is 0.419. The van der Waals surface area contributed by atoms with Gasteiger partial charge in [-0.25, -0.2) is 0 Å². The van der Waals surface area contributed by atoms with Crippen LogP contribution in [0.5, 0.6) is 0 Å². The number of carbonyl (C=O) groups excluding carboxylic acids is 3. The summed E-state index contributed by atoms with van der Waals surface area (Å²) in [5.74, 6) is -1.83. The van der Waals surface area contributed by atoms with E-state index in [0.29, 0.717) is 18.7 Å². The third-order valence-electron chi connectivity index (χ3n) is 8.81. The highest BCUT2D eigenvalue weighted by molar-refractivity contribution is 8.02. The summed E-state index contributed by atoms with van der Waals surface area (Å²) in [7, 11) is 0. The molecular formula is C31H33N3O4S. The van der Waals surface area contributed by atoms with E-state index >= 15 is 0 Å². The highest BCUT2D eigenvalue weighted by Crippen LogP contribution is 2.71. The van der Waals surface area contributed by atoms with Crippen LogP contribution in [-0.2, 0) is 20.9 Å². The minimum Gasteiger partial charge on any atom is -0.394 e. The number of benzene rings is 3. The SMILES string of the molecule is C[C@H](CO)N1C(=O)[C@@H]2[C@H](C(=O)NCc3ccccc3)[C@]3(C)CCC2(S3)C1C(=O)Nc1ccc2ccccc2c1. The maximum Gasteiger partial charge on any atom is 0.248 e. The number of nitrogens with zero attached hydrogens (tertiary/aromatic N) is 1. The van der Waals surface area contributed by atoms with Crippen molar-refractivity contribution in [1.29, 1.82) is 0 Å². The first-order valence-corrected chi connectivity index (χ1v) is 14.3. The van der Waals surface area contributed by atoms with Crippen molar-refractivity contribution < 1.29 is 19.5 Å². The Hall–Kier alpha value is -3.36. The molecule has 3 saturated heterocycles. The summed E-state index contributed by atoms with van der Waals surface area (Å²) in [6.07, 6.45) is 1.41. The van der Waals surface area contributed by atoms with Gasteiger partial charge in [0.15, 0.2) is 0 Å². The number of carbonyl (C=O) groups is 3. The highest BCUT2D eigenvalue weighted by Gasteiger charge is 2.77. The third-order valence-corrected chi connectivity index (χ3v) is 10.8. The molecule has 3 aromatic carbocycles. The number of thioether (sulfide) groups is 1. The van der Waals surface area contributed by atoms with Crippen LogP contribution in [0.3, 0.4) is 0 Å². The van der Waals surface area contributed by atoms with Gasteiger partial charge in [0, 0.05) is 17.0 Å². The van der Waals surface area contributed by atoms with Crippen molar-refractivity contribution in [2.24, 2.45) is 11.8 Å². The minimum absolute atomic E-state index is 0.152. The van der Waals surface area contributed by atoms with Crippen LogP contribution in [0, 0.1) is 11.8 Å². The van der Waals surface area contributed by atoms with Crippen molar-refractivity contribution in [2.45, 2.75) is 54.8 Å². The molecule has 0 saturated carbocycles. The lowest BCUT2D eigenvalue weighted by Gasteiger charge is -2.36. The Bertz CT molecular complexity index is 1450. The van der Waals surface area contributed by atoms with Crippen LogP contribution in [0.25, 0.3) is 10.8 Å². The van der Waals surface area contributed by atoms with Gasteiger partial charge in [0.25, 0.3) is 0 Å². The molecule has 3 aliphatic heterocycles. The first-order valence-electron chi connectivity index (χ1n) is 13.5. The molecule has 3 aromatic rings. The number of aliphatic hydroxyl groups is 1. The zero-order valence-electron chi connectivity index (χ0n) is 22.1. The average Bonchev–Trinajstić information content (AvgIpc) is 3.52. The number of rotatable bonds is 7. The first kappa shape index (κ1) is 25.9. The predicted octanol–water partition coefficient (Wildman–Crippen LogP) is 3.96. The molecule has 3 fully saturated rings. The molecule has 1 spiro atoms. The molecule has 3 aliphatic rings. The molecule has 3 amide bonds. The van der Waals surface area contributed by atoms with Gasteiger partial charge in [-0.2, -0.15) is 0 Å². The lowest BCUT2D eigenvalue weighted by Crippen LogP contribution is -2.54. The van der Waals surface area contributed by atoms with E-state index in [1.807, 2.05) is 72.8 Å². The van der Waals surface area contributed by atoms with E-state index in [-0.39, 0.29) is 24.3 Å². The van der Waals surface area contributed by atoms with Gasteiger partial charge in [-0.1, -0.05) is 60.7 Å². The van der Waals surface area contributed by atoms with Crippen LogP contribution in [0.2, 0.25) is 0 Å². The van der Waals surface area contributed by atoms with Gasteiger partial charge in [-0.3, -0.25) is 14.4 Å². The van der Waals surface area contributed by atoms with E-state index in [1.165, 1.54) is 0 Å². The number of anilines is 1. The van der Waals surface area contributed by atoms with E-state index in [2.05, 4.69) is 17.6 Å². The van der Waals surface area contributed by atoms with Crippen molar-refractivity contribution in [3.05, 3.63) is 78.4 Å². The Balaban J connectivity index is 1.32. The Morgan fingerprint density at radius 3 is 2.49 bits per heavy atom. The fraction of sp³-hybridized carbons (Fsp3) is 0.387. The van der Waals surface area contributed by atoms with Crippen LogP contribution in [-0.4, -0.2) is 55.9 Å².